The van der Waals surface area contributed by atoms with Crippen molar-refractivity contribution in [2.45, 2.75) is 45.7 Å². The maximum Gasteiger partial charge on any atom is 0.310 e. The highest BCUT2D eigenvalue weighted by Gasteiger charge is 2.42. The highest BCUT2D eigenvalue weighted by atomic mass is 16.4. The van der Waals surface area contributed by atoms with Crippen LogP contribution < -0.4 is 0 Å². The predicted molar refractivity (Wildman–Crippen MR) is 73.0 cm³/mol. The van der Waals surface area contributed by atoms with Gasteiger partial charge in [0, 0.05) is 19.6 Å². The second-order valence-corrected chi connectivity index (χ2v) is 6.42. The number of aromatic nitrogens is 3. The van der Waals surface area contributed by atoms with Crippen molar-refractivity contribution >= 4 is 5.97 Å². The molecule has 6 heteroatoms. The molecule has 0 aromatic carbocycles. The summed E-state index contributed by atoms with van der Waals surface area (Å²) in [5.74, 6) is 0.976. The summed E-state index contributed by atoms with van der Waals surface area (Å²) in [6.07, 6.45) is 5.40. The lowest BCUT2D eigenvalue weighted by Gasteiger charge is -2.40. The molecule has 1 N–H and O–H groups in total. The number of carboxylic acid groups (broad SMARTS) is 1. The zero-order valence-electron chi connectivity index (χ0n) is 12.0. The van der Waals surface area contributed by atoms with Gasteiger partial charge in [-0.05, 0) is 31.6 Å². The molecule has 2 heterocycles. The van der Waals surface area contributed by atoms with Crippen LogP contribution in [0.1, 0.15) is 38.4 Å². The van der Waals surface area contributed by atoms with Crippen molar-refractivity contribution in [1.82, 2.24) is 19.7 Å². The molecular formula is C14H22N4O2. The van der Waals surface area contributed by atoms with Crippen LogP contribution in [0.4, 0.5) is 0 Å². The largest absolute Gasteiger partial charge is 0.481 e. The Morgan fingerprint density at radius 3 is 2.90 bits per heavy atom. The molecule has 0 saturated heterocycles. The lowest BCUT2D eigenvalue weighted by atomic mass is 9.70. The van der Waals surface area contributed by atoms with Crippen LogP contribution in [0.15, 0.2) is 6.33 Å². The van der Waals surface area contributed by atoms with Gasteiger partial charge in [-0.1, -0.05) is 6.92 Å². The monoisotopic (exact) mass is 278 g/mol. The van der Waals surface area contributed by atoms with Gasteiger partial charge in [0.1, 0.15) is 12.2 Å². The minimum Gasteiger partial charge on any atom is -0.481 e. The predicted octanol–water partition coefficient (Wildman–Crippen LogP) is 1.37. The smallest absolute Gasteiger partial charge is 0.310 e. The molecule has 0 spiro atoms. The van der Waals surface area contributed by atoms with Gasteiger partial charge in [-0.2, -0.15) is 0 Å². The number of hydrogen-bond donors (Lipinski definition) is 1. The summed E-state index contributed by atoms with van der Waals surface area (Å²) in [7, 11) is 0. The van der Waals surface area contributed by atoms with Crippen molar-refractivity contribution < 1.29 is 9.90 Å². The third-order valence-corrected chi connectivity index (χ3v) is 4.93. The van der Waals surface area contributed by atoms with Crippen molar-refractivity contribution in [2.75, 3.05) is 13.1 Å². The number of aliphatic carboxylic acids is 1. The minimum absolute atomic E-state index is 0.561. The summed E-state index contributed by atoms with van der Waals surface area (Å²) in [5, 5.41) is 17.7. The van der Waals surface area contributed by atoms with E-state index in [-0.39, 0.29) is 0 Å². The fraction of sp³-hybridized carbons (Fsp3) is 0.786. The molecule has 1 aliphatic carbocycles. The van der Waals surface area contributed by atoms with E-state index in [2.05, 4.69) is 22.0 Å². The van der Waals surface area contributed by atoms with Gasteiger partial charge in [-0.3, -0.25) is 9.69 Å². The number of carboxylic acids is 1. The first-order chi connectivity index (χ1) is 9.59. The lowest BCUT2D eigenvalue weighted by molar-refractivity contribution is -0.153. The van der Waals surface area contributed by atoms with Gasteiger partial charge in [-0.25, -0.2) is 0 Å². The van der Waals surface area contributed by atoms with Crippen LogP contribution in [0.2, 0.25) is 0 Å². The van der Waals surface area contributed by atoms with Crippen LogP contribution >= 0.6 is 0 Å². The van der Waals surface area contributed by atoms with Crippen LogP contribution in [0.5, 0.6) is 0 Å². The Morgan fingerprint density at radius 1 is 1.45 bits per heavy atom. The van der Waals surface area contributed by atoms with E-state index < -0.39 is 11.4 Å². The maximum absolute atomic E-state index is 11.8. The minimum atomic E-state index is -0.628. The molecule has 1 aromatic rings. The third-order valence-electron chi connectivity index (χ3n) is 4.93. The van der Waals surface area contributed by atoms with Gasteiger partial charge < -0.3 is 9.67 Å². The van der Waals surface area contributed by atoms with E-state index in [9.17, 15) is 9.90 Å². The first kappa shape index (κ1) is 13.5. The van der Waals surface area contributed by atoms with Crippen LogP contribution in [0.25, 0.3) is 0 Å². The number of hydrogen-bond acceptors (Lipinski definition) is 4. The molecule has 6 nitrogen and oxygen atoms in total. The number of rotatable bonds is 3. The Bertz CT molecular complexity index is 491. The Labute approximate surface area is 118 Å². The number of fused-ring (bicyclic) bond motifs is 1. The molecule has 1 aromatic heterocycles. The van der Waals surface area contributed by atoms with Crippen LogP contribution in [-0.2, 0) is 17.9 Å². The molecule has 110 valence electrons. The average molecular weight is 278 g/mol. The van der Waals surface area contributed by atoms with Gasteiger partial charge in [0.25, 0.3) is 0 Å². The summed E-state index contributed by atoms with van der Waals surface area (Å²) in [6.45, 7) is 5.31. The number of nitrogens with zero attached hydrogens (tertiary/aromatic N) is 4. The average Bonchev–Trinajstić information content (AvgIpc) is 2.89. The van der Waals surface area contributed by atoms with Gasteiger partial charge in [-0.15, -0.1) is 10.2 Å². The zero-order valence-corrected chi connectivity index (χ0v) is 12.0. The molecule has 1 saturated carbocycles. The van der Waals surface area contributed by atoms with Gasteiger partial charge in [0.05, 0.1) is 12.0 Å². The van der Waals surface area contributed by atoms with E-state index in [1.807, 2.05) is 4.57 Å². The molecule has 1 fully saturated rings. The quantitative estimate of drug-likeness (QED) is 0.904. The van der Waals surface area contributed by atoms with Crippen molar-refractivity contribution in [2.24, 2.45) is 11.3 Å². The van der Waals surface area contributed by atoms with E-state index in [1.54, 1.807) is 6.33 Å². The molecule has 0 atom stereocenters. The van der Waals surface area contributed by atoms with E-state index >= 15 is 0 Å². The standard InChI is InChI=1S/C14H22N4O2/c1-11-2-4-14(5-3-11,13(19)20)9-17-6-7-18-10-15-16-12(18)8-17/h10-11H,2-9H2,1H3,(H,19,20). The van der Waals surface area contributed by atoms with Crippen molar-refractivity contribution in [3.63, 3.8) is 0 Å². The van der Waals surface area contributed by atoms with E-state index in [0.717, 1.165) is 44.6 Å². The SMILES string of the molecule is CC1CCC(CN2CCn3cnnc3C2)(C(=O)O)CC1. The normalized spacial score (nSPS) is 30.9. The fourth-order valence-electron chi connectivity index (χ4n) is 3.43. The molecular weight excluding hydrogens is 256 g/mol. The molecule has 2 aliphatic rings. The number of carbonyl (C=O) groups is 1. The highest BCUT2D eigenvalue weighted by Crippen LogP contribution is 2.40. The molecule has 1 aliphatic heterocycles. The second kappa shape index (κ2) is 5.16. The van der Waals surface area contributed by atoms with Gasteiger partial charge in [0.2, 0.25) is 0 Å². The summed E-state index contributed by atoms with van der Waals surface area (Å²) >= 11 is 0. The summed E-state index contributed by atoms with van der Waals surface area (Å²) < 4.78 is 2.05. The lowest BCUT2D eigenvalue weighted by Crippen LogP contribution is -2.47. The highest BCUT2D eigenvalue weighted by molar-refractivity contribution is 5.75. The molecule has 0 radical (unpaired) electrons. The topological polar surface area (TPSA) is 71.2 Å². The molecule has 3 rings (SSSR count). The first-order valence-corrected chi connectivity index (χ1v) is 7.41. The van der Waals surface area contributed by atoms with Gasteiger partial charge in [0.15, 0.2) is 0 Å². The Balaban J connectivity index is 1.70. The summed E-state index contributed by atoms with van der Waals surface area (Å²) in [4.78, 5) is 14.0. The van der Waals surface area contributed by atoms with E-state index in [4.69, 9.17) is 0 Å². The van der Waals surface area contributed by atoms with E-state index in [0.29, 0.717) is 19.0 Å². The molecule has 0 unspecified atom stereocenters. The van der Waals surface area contributed by atoms with Crippen molar-refractivity contribution in [3.8, 4) is 0 Å². The molecule has 0 amide bonds. The van der Waals surface area contributed by atoms with Crippen LogP contribution in [0.3, 0.4) is 0 Å². The summed E-state index contributed by atoms with van der Waals surface area (Å²) in [6, 6.07) is 0. The third kappa shape index (κ3) is 2.44. The van der Waals surface area contributed by atoms with E-state index in [1.165, 1.54) is 0 Å². The Hall–Kier alpha value is -1.43. The van der Waals surface area contributed by atoms with Crippen molar-refractivity contribution in [1.29, 1.82) is 0 Å². The second-order valence-electron chi connectivity index (χ2n) is 6.42. The van der Waals surface area contributed by atoms with Crippen molar-refractivity contribution in [3.05, 3.63) is 12.2 Å². The first-order valence-electron chi connectivity index (χ1n) is 7.41. The Morgan fingerprint density at radius 2 is 2.20 bits per heavy atom. The summed E-state index contributed by atoms with van der Waals surface area (Å²) in [5.41, 5.74) is -0.561. The van der Waals surface area contributed by atoms with Crippen LogP contribution in [-0.4, -0.2) is 43.8 Å². The Kier molecular flexibility index (Phi) is 3.50. The van der Waals surface area contributed by atoms with Crippen LogP contribution in [0, 0.1) is 11.3 Å². The molecule has 20 heavy (non-hydrogen) atoms. The zero-order chi connectivity index (χ0) is 14.2. The fourth-order valence-corrected chi connectivity index (χ4v) is 3.43. The maximum atomic E-state index is 11.8. The molecule has 0 bridgehead atoms. The van der Waals surface area contributed by atoms with Gasteiger partial charge >= 0.3 is 5.97 Å².